The van der Waals surface area contributed by atoms with Crippen LogP contribution >= 0.6 is 0 Å². The molecule has 8 heteroatoms. The summed E-state index contributed by atoms with van der Waals surface area (Å²) in [5.41, 5.74) is 13.8. The average Bonchev–Trinajstić information content (AvgIpc) is 4.18. The van der Waals surface area contributed by atoms with Crippen LogP contribution in [-0.2, 0) is 19.4 Å². The van der Waals surface area contributed by atoms with E-state index in [1.54, 1.807) is 14.2 Å². The minimum atomic E-state index is 0.198. The van der Waals surface area contributed by atoms with Gasteiger partial charge < -0.3 is 28.8 Å². The number of fused-ring (bicyclic) bond motifs is 2. The molecule has 0 bridgehead atoms. The zero-order valence-corrected chi connectivity index (χ0v) is 42.6. The molecule has 8 nitrogen and oxygen atoms in total. The summed E-state index contributed by atoms with van der Waals surface area (Å²) in [4.78, 5) is 4.95. The molecule has 2 atom stereocenters. The Hall–Kier alpha value is -7.00. The lowest BCUT2D eigenvalue weighted by molar-refractivity contribution is 0.237. The number of methoxy groups -OCH3 is 2. The summed E-state index contributed by atoms with van der Waals surface area (Å²) in [5.74, 6) is 4.71. The van der Waals surface area contributed by atoms with Crippen molar-refractivity contribution in [2.24, 2.45) is 0 Å². The number of phenols is 1. The van der Waals surface area contributed by atoms with E-state index in [4.69, 9.17) is 23.7 Å². The third kappa shape index (κ3) is 12.1. The highest BCUT2D eigenvalue weighted by Crippen LogP contribution is 2.49. The first-order valence-electron chi connectivity index (χ1n) is 26.5. The van der Waals surface area contributed by atoms with Crippen LogP contribution in [0.1, 0.15) is 100 Å². The van der Waals surface area contributed by atoms with E-state index in [-0.39, 0.29) is 11.7 Å². The molecule has 4 aliphatic rings. The highest BCUT2D eigenvalue weighted by Gasteiger charge is 2.33. The van der Waals surface area contributed by atoms with Gasteiger partial charge in [-0.2, -0.15) is 0 Å². The first kappa shape index (κ1) is 49.6. The number of ether oxygens (including phenoxy) is 5. The molecule has 376 valence electrons. The van der Waals surface area contributed by atoms with Gasteiger partial charge in [0.2, 0.25) is 0 Å². The van der Waals surface area contributed by atoms with Crippen molar-refractivity contribution in [2.75, 3.05) is 66.7 Å². The fraction of sp³-hybridized carbons (Fsp3) is 0.323. The van der Waals surface area contributed by atoms with Crippen molar-refractivity contribution < 1.29 is 28.8 Å². The van der Waals surface area contributed by atoms with Crippen LogP contribution in [0.4, 0.5) is 0 Å². The van der Waals surface area contributed by atoms with Crippen LogP contribution in [0, 0.1) is 0 Å². The molecule has 0 saturated carbocycles. The second-order valence-electron chi connectivity index (χ2n) is 19.8. The van der Waals surface area contributed by atoms with Crippen molar-refractivity contribution in [3.05, 3.63) is 214 Å². The van der Waals surface area contributed by atoms with E-state index in [0.717, 1.165) is 80.5 Å². The summed E-state index contributed by atoms with van der Waals surface area (Å²) in [5, 5.41) is 10.4. The fourth-order valence-electron chi connectivity index (χ4n) is 11.4. The fourth-order valence-corrected chi connectivity index (χ4v) is 11.4. The highest BCUT2D eigenvalue weighted by molar-refractivity contribution is 6.01. The number of allylic oxidation sites excluding steroid dienone is 1. The first-order chi connectivity index (χ1) is 36.0. The molecule has 0 radical (unpaired) electrons. The Balaban J connectivity index is 0.000000171. The quantitative estimate of drug-likeness (QED) is 0.0968. The van der Waals surface area contributed by atoms with Gasteiger partial charge in [0.1, 0.15) is 31.3 Å². The van der Waals surface area contributed by atoms with E-state index in [2.05, 4.69) is 143 Å². The number of phenolic OH excluding ortho intramolecular Hbond substituents is 1. The van der Waals surface area contributed by atoms with Gasteiger partial charge in [-0.25, -0.2) is 0 Å². The van der Waals surface area contributed by atoms with E-state index < -0.39 is 0 Å². The summed E-state index contributed by atoms with van der Waals surface area (Å²) >= 11 is 0. The van der Waals surface area contributed by atoms with Gasteiger partial charge in [-0.05, 0) is 193 Å². The molecule has 11 rings (SSSR count). The van der Waals surface area contributed by atoms with E-state index in [1.807, 2.05) is 30.3 Å². The van der Waals surface area contributed by atoms with Crippen molar-refractivity contribution in [3.8, 4) is 34.5 Å². The zero-order chi connectivity index (χ0) is 49.8. The standard InChI is InChI=1S/C36H37NO3.C29H33NO3/c1-38-34-25-33-30(24-35(34)40-26-27-10-4-2-5-11-27)16-19-32(28-12-6-3-7-13-28)36(33)29-14-17-31(18-15-29)39-23-22-37-20-8-9-21-37;1-32-28-20-26-23(19-27(28)31)11-14-25(21-7-3-2-4-8-21)29(26)22-9-12-24(13-10-22)33-18-17-30-15-5-6-16-30/h2-7,10-15,17-18,24-25H,8-9,16,19-23,26H2,1H3;2-4,7-10,12-13,19-20,25,29,31H,5-6,11,14-18H2,1H3/t;25-,29+/m.1/s1. The molecule has 2 aliphatic heterocycles. The van der Waals surface area contributed by atoms with E-state index in [9.17, 15) is 5.11 Å². The molecular formula is C65H70N2O6. The maximum absolute atomic E-state index is 10.4. The second-order valence-corrected chi connectivity index (χ2v) is 19.8. The normalized spacial score (nSPS) is 17.5. The Kier molecular flexibility index (Phi) is 16.4. The van der Waals surface area contributed by atoms with Gasteiger partial charge in [0.25, 0.3) is 0 Å². The molecule has 2 saturated heterocycles. The van der Waals surface area contributed by atoms with Gasteiger partial charge in [-0.3, -0.25) is 9.80 Å². The van der Waals surface area contributed by atoms with Crippen molar-refractivity contribution >= 4 is 11.1 Å². The van der Waals surface area contributed by atoms with Crippen LogP contribution in [0.15, 0.2) is 164 Å². The van der Waals surface area contributed by atoms with E-state index in [1.165, 1.54) is 108 Å². The van der Waals surface area contributed by atoms with E-state index >= 15 is 0 Å². The van der Waals surface area contributed by atoms with Crippen molar-refractivity contribution in [1.82, 2.24) is 9.80 Å². The average molecular weight is 975 g/mol. The molecule has 0 amide bonds. The van der Waals surface area contributed by atoms with Crippen molar-refractivity contribution in [2.45, 2.75) is 69.8 Å². The summed E-state index contributed by atoms with van der Waals surface area (Å²) in [6.07, 6.45) is 9.13. The molecule has 7 aromatic carbocycles. The lowest BCUT2D eigenvalue weighted by Crippen LogP contribution is -2.25. The summed E-state index contributed by atoms with van der Waals surface area (Å²) < 4.78 is 29.7. The number of nitrogens with zero attached hydrogens (tertiary/aromatic N) is 2. The van der Waals surface area contributed by atoms with Crippen LogP contribution in [-0.4, -0.2) is 81.6 Å². The van der Waals surface area contributed by atoms with Crippen LogP contribution in [0.25, 0.3) is 11.1 Å². The first-order valence-corrected chi connectivity index (χ1v) is 26.5. The molecule has 0 spiro atoms. The summed E-state index contributed by atoms with van der Waals surface area (Å²) in [6, 6.07) is 57.3. The largest absolute Gasteiger partial charge is 0.504 e. The van der Waals surface area contributed by atoms with Gasteiger partial charge >= 0.3 is 0 Å². The van der Waals surface area contributed by atoms with Crippen LogP contribution in [0.5, 0.6) is 34.5 Å². The van der Waals surface area contributed by atoms with Gasteiger partial charge in [-0.15, -0.1) is 0 Å². The third-order valence-electron chi connectivity index (χ3n) is 15.2. The predicted molar refractivity (Wildman–Crippen MR) is 294 cm³/mol. The van der Waals surface area contributed by atoms with Gasteiger partial charge in [-0.1, -0.05) is 115 Å². The number of likely N-dealkylation sites (tertiary alicyclic amines) is 2. The smallest absolute Gasteiger partial charge is 0.161 e. The van der Waals surface area contributed by atoms with Gasteiger partial charge in [0, 0.05) is 19.0 Å². The number of aromatic hydroxyl groups is 1. The number of aryl methyl sites for hydroxylation is 2. The maximum atomic E-state index is 10.4. The molecule has 0 aromatic heterocycles. The number of rotatable bonds is 17. The predicted octanol–water partition coefficient (Wildman–Crippen LogP) is 13.4. The Morgan fingerprint density at radius 2 is 1.10 bits per heavy atom. The lowest BCUT2D eigenvalue weighted by atomic mass is 9.69. The monoisotopic (exact) mass is 975 g/mol. The number of hydrogen-bond donors (Lipinski definition) is 1. The van der Waals surface area contributed by atoms with Crippen molar-refractivity contribution in [3.63, 3.8) is 0 Å². The number of hydrogen-bond acceptors (Lipinski definition) is 8. The minimum Gasteiger partial charge on any atom is -0.504 e. The maximum Gasteiger partial charge on any atom is 0.161 e. The second kappa shape index (κ2) is 24.1. The van der Waals surface area contributed by atoms with Crippen molar-refractivity contribution in [1.29, 1.82) is 0 Å². The Bertz CT molecular complexity index is 2890. The number of benzene rings is 7. The van der Waals surface area contributed by atoms with Gasteiger partial charge in [0.15, 0.2) is 23.0 Å². The third-order valence-corrected chi connectivity index (χ3v) is 15.2. The molecule has 2 aliphatic carbocycles. The molecular weight excluding hydrogens is 905 g/mol. The molecule has 7 aromatic rings. The molecule has 2 fully saturated rings. The molecule has 1 N–H and O–H groups in total. The SMILES string of the molecule is COc1cc2c(cc1O)CC[C@H](c1ccccc1)[C@@H]2c1ccc(OCCN2CCCC2)cc1.COc1cc2c(cc1OCc1ccccc1)CCC(c1ccccc1)=C2c1ccc(OCCN2CCCC2)cc1. The van der Waals surface area contributed by atoms with Crippen LogP contribution in [0.2, 0.25) is 0 Å². The Labute approximate surface area is 432 Å². The molecule has 2 heterocycles. The minimum absolute atomic E-state index is 0.198. The van der Waals surface area contributed by atoms with Crippen LogP contribution in [0.3, 0.4) is 0 Å². The van der Waals surface area contributed by atoms with E-state index in [0.29, 0.717) is 18.3 Å². The molecule has 73 heavy (non-hydrogen) atoms. The van der Waals surface area contributed by atoms with Gasteiger partial charge in [0.05, 0.1) is 14.2 Å². The Morgan fingerprint density at radius 3 is 1.71 bits per heavy atom. The summed E-state index contributed by atoms with van der Waals surface area (Å²) in [6.45, 7) is 8.74. The lowest BCUT2D eigenvalue weighted by Gasteiger charge is -2.35. The topological polar surface area (TPSA) is 72.9 Å². The zero-order valence-electron chi connectivity index (χ0n) is 42.6. The van der Waals surface area contributed by atoms with Crippen LogP contribution < -0.4 is 23.7 Å². The highest BCUT2D eigenvalue weighted by atomic mass is 16.5. The summed E-state index contributed by atoms with van der Waals surface area (Å²) in [7, 11) is 3.33. The Morgan fingerprint density at radius 1 is 0.507 bits per heavy atom. The molecule has 0 unspecified atom stereocenters.